The molecule has 0 unspecified atom stereocenters. The second-order valence-corrected chi connectivity index (χ2v) is 6.97. The van der Waals surface area contributed by atoms with Crippen LogP contribution in [0.1, 0.15) is 16.7 Å². The Morgan fingerprint density at radius 2 is 1.36 bits per heavy atom. The highest BCUT2D eigenvalue weighted by atomic mass is 16.5. The van der Waals surface area contributed by atoms with Crippen molar-refractivity contribution in [3.05, 3.63) is 95.6 Å². The molecule has 0 saturated heterocycles. The summed E-state index contributed by atoms with van der Waals surface area (Å²) in [5, 5.41) is 28.8. The molecule has 0 aromatic heterocycles. The van der Waals surface area contributed by atoms with Crippen molar-refractivity contribution in [2.75, 3.05) is 6.61 Å². The third-order valence-electron chi connectivity index (χ3n) is 4.50. The maximum Gasteiger partial charge on any atom is 0.336 e. The van der Waals surface area contributed by atoms with Crippen LogP contribution < -0.4 is 4.74 Å². The Morgan fingerprint density at radius 1 is 0.727 bits per heavy atom. The van der Waals surface area contributed by atoms with Crippen molar-refractivity contribution >= 4 is 24.1 Å². The maximum absolute atomic E-state index is 12.1. The second-order valence-electron chi connectivity index (χ2n) is 6.97. The quantitative estimate of drug-likeness (QED) is 0.205. The van der Waals surface area contributed by atoms with Crippen LogP contribution in [0.3, 0.4) is 0 Å². The number of rotatable bonds is 8. The van der Waals surface area contributed by atoms with Crippen LogP contribution in [0.5, 0.6) is 23.0 Å². The highest BCUT2D eigenvalue weighted by Gasteiger charge is 2.08. The number of ether oxygens (including phenoxy) is 2. The monoisotopic (exact) mass is 446 g/mol. The van der Waals surface area contributed by atoms with Crippen molar-refractivity contribution < 1.29 is 34.4 Å². The third-order valence-corrected chi connectivity index (χ3v) is 4.50. The molecule has 3 aromatic rings. The standard InChI is InChI=1S/C26H22O7/c27-21-10-6-19(16-23(21)29)9-13-26(31)33-24-17-20(7-11-22(24)28)8-12-25(30)32-15-14-18-4-2-1-3-5-18/h1-13,16-17,27-29H,14-15H2. The highest BCUT2D eigenvalue weighted by molar-refractivity contribution is 5.90. The first-order valence-electron chi connectivity index (χ1n) is 10.0. The van der Waals surface area contributed by atoms with Crippen molar-refractivity contribution in [3.8, 4) is 23.0 Å². The summed E-state index contributed by atoms with van der Waals surface area (Å²) in [5.41, 5.74) is 2.05. The number of carbonyl (C=O) groups is 2. The third kappa shape index (κ3) is 7.29. The van der Waals surface area contributed by atoms with E-state index in [1.165, 1.54) is 48.6 Å². The topological polar surface area (TPSA) is 113 Å². The number of phenols is 3. The lowest BCUT2D eigenvalue weighted by molar-refractivity contribution is -0.137. The van der Waals surface area contributed by atoms with Gasteiger partial charge in [-0.2, -0.15) is 0 Å². The highest BCUT2D eigenvalue weighted by Crippen LogP contribution is 2.28. The fourth-order valence-electron chi connectivity index (χ4n) is 2.79. The fourth-order valence-corrected chi connectivity index (χ4v) is 2.79. The van der Waals surface area contributed by atoms with Gasteiger partial charge in [-0.25, -0.2) is 9.59 Å². The van der Waals surface area contributed by atoms with Crippen molar-refractivity contribution in [3.63, 3.8) is 0 Å². The van der Waals surface area contributed by atoms with Crippen molar-refractivity contribution in [1.29, 1.82) is 0 Å². The Kier molecular flexibility index (Phi) is 7.86. The number of hydrogen-bond donors (Lipinski definition) is 3. The van der Waals surface area contributed by atoms with E-state index in [2.05, 4.69) is 0 Å². The SMILES string of the molecule is O=C(C=Cc1ccc(O)c(OC(=O)C=Cc2ccc(O)c(O)c2)c1)OCCc1ccccc1. The summed E-state index contributed by atoms with van der Waals surface area (Å²) in [7, 11) is 0. The Hall–Kier alpha value is -4.52. The van der Waals surface area contributed by atoms with Crippen LogP contribution in [0, 0.1) is 0 Å². The van der Waals surface area contributed by atoms with Gasteiger partial charge in [0.05, 0.1) is 6.61 Å². The van der Waals surface area contributed by atoms with Gasteiger partial charge in [0.25, 0.3) is 0 Å². The van der Waals surface area contributed by atoms with E-state index >= 15 is 0 Å². The van der Waals surface area contributed by atoms with Crippen molar-refractivity contribution in [1.82, 2.24) is 0 Å². The summed E-state index contributed by atoms with van der Waals surface area (Å²) in [6.07, 6.45) is 5.83. The first-order valence-corrected chi connectivity index (χ1v) is 10.0. The molecule has 0 heterocycles. The Bertz CT molecular complexity index is 1180. The molecule has 0 fully saturated rings. The predicted molar refractivity (Wildman–Crippen MR) is 123 cm³/mol. The van der Waals surface area contributed by atoms with Gasteiger partial charge in [0, 0.05) is 18.6 Å². The van der Waals surface area contributed by atoms with Crippen LogP contribution in [0.2, 0.25) is 0 Å². The average Bonchev–Trinajstić information content (AvgIpc) is 2.81. The van der Waals surface area contributed by atoms with Crippen LogP contribution in [-0.2, 0) is 20.7 Å². The van der Waals surface area contributed by atoms with Gasteiger partial charge in [0.15, 0.2) is 23.0 Å². The molecule has 33 heavy (non-hydrogen) atoms. The molecule has 0 amide bonds. The molecule has 0 saturated carbocycles. The van der Waals surface area contributed by atoms with E-state index in [0.29, 0.717) is 17.5 Å². The van der Waals surface area contributed by atoms with Crippen LogP contribution in [-0.4, -0.2) is 33.9 Å². The van der Waals surface area contributed by atoms with Crippen LogP contribution in [0.4, 0.5) is 0 Å². The molecule has 7 nitrogen and oxygen atoms in total. The molecule has 0 aliphatic carbocycles. The van der Waals surface area contributed by atoms with E-state index in [-0.39, 0.29) is 29.6 Å². The summed E-state index contributed by atoms with van der Waals surface area (Å²) >= 11 is 0. The lowest BCUT2D eigenvalue weighted by Gasteiger charge is -2.06. The zero-order valence-corrected chi connectivity index (χ0v) is 17.5. The normalized spacial score (nSPS) is 11.0. The lowest BCUT2D eigenvalue weighted by atomic mass is 10.2. The van der Waals surface area contributed by atoms with E-state index in [4.69, 9.17) is 9.47 Å². The van der Waals surface area contributed by atoms with Crippen LogP contribution >= 0.6 is 0 Å². The maximum atomic E-state index is 12.1. The smallest absolute Gasteiger partial charge is 0.336 e. The van der Waals surface area contributed by atoms with E-state index in [9.17, 15) is 24.9 Å². The van der Waals surface area contributed by atoms with E-state index in [1.54, 1.807) is 6.07 Å². The molecule has 0 bridgehead atoms. The van der Waals surface area contributed by atoms with Gasteiger partial charge in [-0.05, 0) is 53.1 Å². The van der Waals surface area contributed by atoms with E-state index in [0.717, 1.165) is 11.6 Å². The minimum absolute atomic E-state index is 0.0854. The van der Waals surface area contributed by atoms with Gasteiger partial charge in [-0.3, -0.25) is 0 Å². The van der Waals surface area contributed by atoms with Gasteiger partial charge in [-0.1, -0.05) is 42.5 Å². The number of phenolic OH excluding ortho intramolecular Hbond substituents is 3. The van der Waals surface area contributed by atoms with Crippen LogP contribution in [0.25, 0.3) is 12.2 Å². The summed E-state index contributed by atoms with van der Waals surface area (Å²) in [5.74, 6) is -2.21. The molecule has 0 atom stereocenters. The minimum Gasteiger partial charge on any atom is -0.504 e. The van der Waals surface area contributed by atoms with E-state index < -0.39 is 11.9 Å². The number of aromatic hydroxyl groups is 3. The number of hydrogen-bond acceptors (Lipinski definition) is 7. The molecule has 0 aliphatic heterocycles. The molecule has 0 spiro atoms. The summed E-state index contributed by atoms with van der Waals surface area (Å²) in [4.78, 5) is 24.0. The Morgan fingerprint density at radius 3 is 2.06 bits per heavy atom. The number of carbonyl (C=O) groups excluding carboxylic acids is 2. The first kappa shape index (κ1) is 23.1. The van der Waals surface area contributed by atoms with Crippen molar-refractivity contribution in [2.45, 2.75) is 6.42 Å². The minimum atomic E-state index is -0.765. The average molecular weight is 446 g/mol. The number of esters is 2. The zero-order valence-electron chi connectivity index (χ0n) is 17.5. The Balaban J connectivity index is 1.55. The predicted octanol–water partition coefficient (Wildman–Crippen LogP) is 4.22. The second kappa shape index (κ2) is 11.2. The van der Waals surface area contributed by atoms with Gasteiger partial charge in [-0.15, -0.1) is 0 Å². The molecular weight excluding hydrogens is 424 g/mol. The first-order chi connectivity index (χ1) is 15.9. The molecule has 0 radical (unpaired) electrons. The summed E-state index contributed by atoms with van der Waals surface area (Å²) < 4.78 is 10.3. The molecule has 3 N–H and O–H groups in total. The molecule has 7 heteroatoms. The van der Waals surface area contributed by atoms with Gasteiger partial charge in [0.1, 0.15) is 0 Å². The molecule has 0 aliphatic rings. The van der Waals surface area contributed by atoms with Crippen LogP contribution in [0.15, 0.2) is 78.9 Å². The zero-order chi connectivity index (χ0) is 23.6. The summed E-state index contributed by atoms with van der Waals surface area (Å²) in [6, 6.07) is 18.0. The lowest BCUT2D eigenvalue weighted by Crippen LogP contribution is -2.05. The van der Waals surface area contributed by atoms with E-state index in [1.807, 2.05) is 30.3 Å². The van der Waals surface area contributed by atoms with Crippen molar-refractivity contribution in [2.24, 2.45) is 0 Å². The Labute approximate surface area is 190 Å². The molecule has 3 aromatic carbocycles. The molecule has 3 rings (SSSR count). The largest absolute Gasteiger partial charge is 0.504 e. The van der Waals surface area contributed by atoms with Gasteiger partial charge < -0.3 is 24.8 Å². The fraction of sp³-hybridized carbons (Fsp3) is 0.0769. The molecule has 168 valence electrons. The van der Waals surface area contributed by atoms with Gasteiger partial charge >= 0.3 is 11.9 Å². The van der Waals surface area contributed by atoms with Gasteiger partial charge in [0.2, 0.25) is 0 Å². The summed E-state index contributed by atoms with van der Waals surface area (Å²) in [6.45, 7) is 0.247. The molecular formula is C26H22O7. The number of benzene rings is 3.